The maximum Gasteiger partial charge on any atom is 0.418 e. The average Bonchev–Trinajstić information content (AvgIpc) is 3.39. The first-order valence-corrected chi connectivity index (χ1v) is 14.6. The number of hydrogen-bond acceptors (Lipinski definition) is 15. The lowest BCUT2D eigenvalue weighted by Gasteiger charge is -2.50. The van der Waals surface area contributed by atoms with Crippen molar-refractivity contribution < 1.29 is 46.3 Å². The summed E-state index contributed by atoms with van der Waals surface area (Å²) in [5.74, 6) is -2.24. The van der Waals surface area contributed by atoms with Gasteiger partial charge in [0.15, 0.2) is 10.8 Å². The third-order valence-electron chi connectivity index (χ3n) is 5.85. The Kier molecular flexibility index (Phi) is 10.7. The summed E-state index contributed by atoms with van der Waals surface area (Å²) in [6.45, 7) is 2.06. The first-order valence-electron chi connectivity index (χ1n) is 12.3. The van der Waals surface area contributed by atoms with Crippen LogP contribution in [0.15, 0.2) is 39.8 Å². The lowest BCUT2D eigenvalue weighted by Crippen LogP contribution is -2.76. The predicted octanol–water partition coefficient (Wildman–Crippen LogP) is -2.04. The molecule has 0 saturated carbocycles. The van der Waals surface area contributed by atoms with E-state index in [0.29, 0.717) is 29.5 Å². The second-order valence-electron chi connectivity index (χ2n) is 9.32. The van der Waals surface area contributed by atoms with Crippen LogP contribution in [0, 0.1) is 0 Å². The predicted molar refractivity (Wildman–Crippen MR) is 152 cm³/mol. The molecule has 20 heteroatoms. The fraction of sp³-hybridized carbons (Fsp3) is 0.391. The fourth-order valence-electron chi connectivity index (χ4n) is 3.59. The van der Waals surface area contributed by atoms with Gasteiger partial charge in [-0.15, -0.1) is 15.6 Å². The average molecular weight is 643 g/mol. The molecule has 2 unspecified atom stereocenters. The van der Waals surface area contributed by atoms with Crippen molar-refractivity contribution in [2.24, 2.45) is 21.6 Å². The molecule has 1 aliphatic rings. The molecule has 0 spiro atoms. The normalized spacial score (nSPS) is 17.7. The number of hydrogen-bond donors (Lipinski definition) is 6. The molecular weight excluding hydrogens is 612 g/mol. The van der Waals surface area contributed by atoms with Crippen molar-refractivity contribution in [2.45, 2.75) is 31.5 Å². The minimum Gasteiger partial charge on any atom is -0.489 e. The number of nitrogens with two attached hydrogens (primary N) is 3. The summed E-state index contributed by atoms with van der Waals surface area (Å²) in [6, 6.07) is 5.07. The third kappa shape index (κ3) is 8.43. The number of aromatic nitrogens is 1. The number of aliphatic hydroxyl groups is 1. The molecule has 2 aromatic rings. The number of carbonyl (C=O) groups is 3. The number of amidine groups is 1. The Morgan fingerprint density at radius 3 is 2.49 bits per heavy atom. The summed E-state index contributed by atoms with van der Waals surface area (Å²) in [7, 11) is -5.01. The fourth-order valence-corrected chi connectivity index (χ4v) is 4.59. The number of carbonyl (C=O) groups excluding carboxylic acids is 3. The highest BCUT2D eigenvalue weighted by Gasteiger charge is 2.58. The topological polar surface area (TPSA) is 284 Å². The van der Waals surface area contributed by atoms with Crippen molar-refractivity contribution in [2.75, 3.05) is 32.0 Å². The number of aliphatic hydroxyl groups excluding tert-OH is 1. The molecule has 1 saturated heterocycles. The monoisotopic (exact) mass is 642 g/mol. The van der Waals surface area contributed by atoms with E-state index in [1.165, 1.54) is 19.2 Å². The van der Waals surface area contributed by atoms with E-state index in [2.05, 4.69) is 24.7 Å². The van der Waals surface area contributed by atoms with Crippen LogP contribution in [0.3, 0.4) is 0 Å². The highest BCUT2D eigenvalue weighted by atomic mass is 32.3. The minimum atomic E-state index is -5.01. The van der Waals surface area contributed by atoms with E-state index < -0.39 is 64.6 Å². The number of aliphatic imine (C=N–C) groups is 1. The molecule has 2 heterocycles. The van der Waals surface area contributed by atoms with E-state index in [0.717, 1.165) is 11.3 Å². The van der Waals surface area contributed by atoms with Crippen molar-refractivity contribution in [1.29, 1.82) is 0 Å². The number of oxime groups is 1. The van der Waals surface area contributed by atoms with Crippen molar-refractivity contribution >= 4 is 56.0 Å². The van der Waals surface area contributed by atoms with Gasteiger partial charge in [-0.05, 0) is 38.1 Å². The number of thiazole rings is 1. The van der Waals surface area contributed by atoms with Gasteiger partial charge >= 0.3 is 10.4 Å². The molecule has 0 bridgehead atoms. The zero-order chi connectivity index (χ0) is 31.9. The number of benzene rings is 1. The molecule has 1 aromatic heterocycles. The smallest absolute Gasteiger partial charge is 0.418 e. The number of nitrogen functional groups attached to an aromatic ring is 1. The SMILES string of the molecule is CC1(C)C(NC(=O)C(=NOC(COc2ccc(C(N)=NCCN)cc2)C(=O)CO)c2csc(N)n2)C(=O)N1OS(=O)(=O)O. The molecule has 1 fully saturated rings. The van der Waals surface area contributed by atoms with Crippen LogP contribution in [-0.2, 0) is 33.9 Å². The van der Waals surface area contributed by atoms with Gasteiger partial charge in [-0.1, -0.05) is 5.16 Å². The van der Waals surface area contributed by atoms with Crippen molar-refractivity contribution in [3.8, 4) is 5.75 Å². The molecule has 2 amide bonds. The van der Waals surface area contributed by atoms with E-state index in [1.807, 2.05) is 0 Å². The van der Waals surface area contributed by atoms with Crippen LogP contribution < -0.4 is 27.3 Å². The number of anilines is 1. The van der Waals surface area contributed by atoms with Gasteiger partial charge in [-0.3, -0.25) is 23.9 Å². The zero-order valence-electron chi connectivity index (χ0n) is 22.9. The lowest BCUT2D eigenvalue weighted by molar-refractivity contribution is -0.218. The standard InChI is InChI=1S/C23H30N8O10S2/c1-23(2)18(21(35)31(23)41-43(36,37)38)29-20(34)17(14-11-42-22(26)28-14)30-40-16(15(33)9-32)10-39-13-5-3-12(4-6-13)19(25)27-8-7-24/h3-6,11,16,18,32H,7-10,24H2,1-2H3,(H2,25,27)(H2,26,28)(H,29,34)(H,36,37,38). The van der Waals surface area contributed by atoms with Gasteiger partial charge in [-0.2, -0.15) is 13.5 Å². The quantitative estimate of drug-likeness (QED) is 0.0401. The number of ketones is 1. The van der Waals surface area contributed by atoms with E-state index in [-0.39, 0.29) is 16.7 Å². The molecule has 1 aromatic carbocycles. The Bertz CT molecular complexity index is 1510. The second kappa shape index (κ2) is 13.8. The Morgan fingerprint density at radius 1 is 1.28 bits per heavy atom. The second-order valence-corrected chi connectivity index (χ2v) is 11.2. The highest BCUT2D eigenvalue weighted by molar-refractivity contribution is 7.80. The highest BCUT2D eigenvalue weighted by Crippen LogP contribution is 2.33. The number of ether oxygens (including phenoxy) is 1. The molecule has 1 aliphatic heterocycles. The van der Waals surface area contributed by atoms with Crippen LogP contribution >= 0.6 is 11.3 Å². The van der Waals surface area contributed by atoms with E-state index >= 15 is 0 Å². The maximum absolute atomic E-state index is 13.2. The van der Waals surface area contributed by atoms with Gasteiger partial charge in [-0.25, -0.2) is 4.98 Å². The summed E-state index contributed by atoms with van der Waals surface area (Å²) < 4.78 is 40.9. The van der Waals surface area contributed by atoms with Gasteiger partial charge < -0.3 is 37.2 Å². The molecule has 18 nitrogen and oxygen atoms in total. The first-order chi connectivity index (χ1) is 20.2. The molecule has 3 rings (SSSR count). The Labute approximate surface area is 249 Å². The summed E-state index contributed by atoms with van der Waals surface area (Å²) >= 11 is 0.961. The van der Waals surface area contributed by atoms with Gasteiger partial charge in [0, 0.05) is 17.5 Å². The van der Waals surface area contributed by atoms with E-state index in [1.54, 1.807) is 24.3 Å². The van der Waals surface area contributed by atoms with Crippen LogP contribution in [0.25, 0.3) is 0 Å². The Hall–Kier alpha value is -4.21. The van der Waals surface area contributed by atoms with Gasteiger partial charge in [0.25, 0.3) is 11.8 Å². The molecular formula is C23H30N8O10S2. The molecule has 234 valence electrons. The van der Waals surface area contributed by atoms with Crippen molar-refractivity contribution in [3.05, 3.63) is 40.9 Å². The maximum atomic E-state index is 13.2. The van der Waals surface area contributed by atoms with Crippen LogP contribution in [0.4, 0.5) is 5.13 Å². The Balaban J connectivity index is 1.77. The molecule has 0 aliphatic carbocycles. The number of amides is 2. The number of nitrogens with one attached hydrogen (secondary N) is 1. The molecule has 43 heavy (non-hydrogen) atoms. The van der Waals surface area contributed by atoms with Gasteiger partial charge in [0.05, 0.1) is 12.1 Å². The van der Waals surface area contributed by atoms with Crippen LogP contribution in [-0.4, -0.2) is 101 Å². The number of nitrogens with zero attached hydrogens (tertiary/aromatic N) is 4. The number of hydroxylamine groups is 2. The number of Topliss-reactive ketones (excluding diaryl/α,β-unsaturated/α-hetero) is 1. The zero-order valence-corrected chi connectivity index (χ0v) is 24.5. The van der Waals surface area contributed by atoms with Crippen molar-refractivity contribution in [1.82, 2.24) is 15.4 Å². The third-order valence-corrected chi connectivity index (χ3v) is 6.86. The summed E-state index contributed by atoms with van der Waals surface area (Å²) in [5.41, 5.74) is 15.6. The Morgan fingerprint density at radius 2 is 1.95 bits per heavy atom. The van der Waals surface area contributed by atoms with Crippen LogP contribution in [0.2, 0.25) is 0 Å². The lowest BCUT2D eigenvalue weighted by atomic mass is 9.84. The van der Waals surface area contributed by atoms with E-state index in [4.69, 9.17) is 31.3 Å². The van der Waals surface area contributed by atoms with Crippen LogP contribution in [0.5, 0.6) is 5.75 Å². The first kappa shape index (κ1) is 33.3. The number of rotatable bonds is 15. The summed E-state index contributed by atoms with van der Waals surface area (Å²) in [6.07, 6.45) is -1.49. The van der Waals surface area contributed by atoms with E-state index in [9.17, 15) is 27.9 Å². The molecule has 2 atom stereocenters. The largest absolute Gasteiger partial charge is 0.489 e. The van der Waals surface area contributed by atoms with Gasteiger partial charge in [0.2, 0.25) is 11.9 Å². The molecule has 0 radical (unpaired) electrons. The molecule has 9 N–H and O–H groups in total. The van der Waals surface area contributed by atoms with Gasteiger partial charge in [0.1, 0.15) is 36.5 Å². The van der Waals surface area contributed by atoms with Crippen LogP contribution in [0.1, 0.15) is 25.1 Å². The number of β-lactam (4-membered cyclic amide) rings is 1. The minimum absolute atomic E-state index is 0.0618. The summed E-state index contributed by atoms with van der Waals surface area (Å²) in [5, 5.41) is 17.4. The van der Waals surface area contributed by atoms with Crippen molar-refractivity contribution in [3.63, 3.8) is 0 Å². The summed E-state index contributed by atoms with van der Waals surface area (Å²) in [4.78, 5) is 51.4.